The number of carbonyl (C=O) groups excluding carboxylic acids is 2. The van der Waals surface area contributed by atoms with Crippen molar-refractivity contribution in [3.05, 3.63) is 45.7 Å². The SMILES string of the molecule is Cc1ccc(Br)cc1NC(=O)CCNC(=O)CNS(=O)(=O)c1cccs1. The van der Waals surface area contributed by atoms with E-state index < -0.39 is 15.9 Å². The number of nitrogens with one attached hydrogen (secondary N) is 3. The summed E-state index contributed by atoms with van der Waals surface area (Å²) in [6, 6.07) is 8.62. The Bertz CT molecular complexity index is 883. The molecule has 0 aliphatic rings. The largest absolute Gasteiger partial charge is 0.354 e. The van der Waals surface area contributed by atoms with E-state index in [0.29, 0.717) is 5.69 Å². The molecule has 0 saturated carbocycles. The molecule has 1 aromatic heterocycles. The molecule has 0 fully saturated rings. The Labute approximate surface area is 164 Å². The zero-order valence-electron chi connectivity index (χ0n) is 13.9. The number of hydrogen-bond acceptors (Lipinski definition) is 5. The van der Waals surface area contributed by atoms with Gasteiger partial charge in [0.2, 0.25) is 11.8 Å². The maximum Gasteiger partial charge on any atom is 0.250 e. The normalized spacial score (nSPS) is 11.2. The summed E-state index contributed by atoms with van der Waals surface area (Å²) >= 11 is 4.41. The van der Waals surface area contributed by atoms with E-state index in [0.717, 1.165) is 21.4 Å². The van der Waals surface area contributed by atoms with Gasteiger partial charge in [-0.25, -0.2) is 13.1 Å². The molecule has 2 amide bonds. The summed E-state index contributed by atoms with van der Waals surface area (Å²) in [5.74, 6) is -0.748. The summed E-state index contributed by atoms with van der Waals surface area (Å²) < 4.78 is 27.0. The topological polar surface area (TPSA) is 104 Å². The van der Waals surface area contributed by atoms with Crippen molar-refractivity contribution in [3.8, 4) is 0 Å². The first-order valence-corrected chi connectivity index (χ1v) is 10.8. The number of carbonyl (C=O) groups is 2. The van der Waals surface area contributed by atoms with Gasteiger partial charge in [0, 0.05) is 23.1 Å². The van der Waals surface area contributed by atoms with Gasteiger partial charge in [0.15, 0.2) is 0 Å². The van der Waals surface area contributed by atoms with Crippen molar-refractivity contribution in [2.24, 2.45) is 0 Å². The molecule has 7 nitrogen and oxygen atoms in total. The van der Waals surface area contributed by atoms with Gasteiger partial charge in [-0.2, -0.15) is 0 Å². The molecule has 0 bridgehead atoms. The number of halogens is 1. The van der Waals surface area contributed by atoms with Crippen LogP contribution in [0.5, 0.6) is 0 Å². The van der Waals surface area contributed by atoms with Crippen LogP contribution in [-0.4, -0.2) is 33.3 Å². The van der Waals surface area contributed by atoms with Gasteiger partial charge in [-0.3, -0.25) is 9.59 Å². The number of sulfonamides is 1. The zero-order chi connectivity index (χ0) is 19.2. The van der Waals surface area contributed by atoms with E-state index >= 15 is 0 Å². The minimum absolute atomic E-state index is 0.0787. The first kappa shape index (κ1) is 20.6. The van der Waals surface area contributed by atoms with E-state index in [4.69, 9.17) is 0 Å². The molecule has 2 rings (SSSR count). The molecule has 0 aliphatic carbocycles. The fraction of sp³-hybridized carbons (Fsp3) is 0.250. The summed E-state index contributed by atoms with van der Waals surface area (Å²) in [6.45, 7) is 1.61. The Balaban J connectivity index is 1.72. The molecular weight excluding hydrogens is 442 g/mol. The van der Waals surface area contributed by atoms with Gasteiger partial charge in [-0.1, -0.05) is 28.1 Å². The lowest BCUT2D eigenvalue weighted by atomic mass is 10.2. The van der Waals surface area contributed by atoms with Crippen molar-refractivity contribution in [2.75, 3.05) is 18.4 Å². The number of rotatable bonds is 8. The molecule has 0 atom stereocenters. The lowest BCUT2D eigenvalue weighted by molar-refractivity contribution is -0.120. The van der Waals surface area contributed by atoms with Crippen LogP contribution in [0.15, 0.2) is 44.4 Å². The standard InChI is InChI=1S/C16H18BrN3O4S2/c1-11-4-5-12(17)9-13(11)20-14(21)6-7-18-15(22)10-19-26(23,24)16-3-2-8-25-16/h2-5,8-9,19H,6-7,10H2,1H3,(H,18,22)(H,20,21). The summed E-state index contributed by atoms with van der Waals surface area (Å²) in [6.07, 6.45) is 0.0787. The smallest absolute Gasteiger partial charge is 0.250 e. The van der Waals surface area contributed by atoms with Crippen molar-refractivity contribution in [3.63, 3.8) is 0 Å². The maximum absolute atomic E-state index is 11.9. The molecule has 1 heterocycles. The van der Waals surface area contributed by atoms with Gasteiger partial charge in [0.05, 0.1) is 6.54 Å². The van der Waals surface area contributed by atoms with E-state index in [1.165, 1.54) is 6.07 Å². The van der Waals surface area contributed by atoms with Gasteiger partial charge in [-0.15, -0.1) is 11.3 Å². The zero-order valence-corrected chi connectivity index (χ0v) is 17.1. The molecule has 1 aromatic carbocycles. The Morgan fingerprint density at radius 1 is 1.19 bits per heavy atom. The molecule has 2 aromatic rings. The van der Waals surface area contributed by atoms with Crippen LogP contribution in [0.3, 0.4) is 0 Å². The number of anilines is 1. The average Bonchev–Trinajstić information content (AvgIpc) is 3.12. The molecule has 0 saturated heterocycles. The van der Waals surface area contributed by atoms with Crippen LogP contribution in [0.1, 0.15) is 12.0 Å². The van der Waals surface area contributed by atoms with Crippen LogP contribution < -0.4 is 15.4 Å². The quantitative estimate of drug-likeness (QED) is 0.562. The minimum Gasteiger partial charge on any atom is -0.354 e. The first-order chi connectivity index (χ1) is 12.3. The highest BCUT2D eigenvalue weighted by atomic mass is 79.9. The lowest BCUT2D eigenvalue weighted by Gasteiger charge is -2.10. The maximum atomic E-state index is 11.9. The second-order valence-electron chi connectivity index (χ2n) is 5.36. The fourth-order valence-corrected chi connectivity index (χ4v) is 4.35. The van der Waals surface area contributed by atoms with Crippen molar-refractivity contribution in [1.29, 1.82) is 0 Å². The van der Waals surface area contributed by atoms with Gasteiger partial charge in [-0.05, 0) is 36.1 Å². The molecule has 3 N–H and O–H groups in total. The molecule has 0 aliphatic heterocycles. The second-order valence-corrected chi connectivity index (χ2v) is 9.22. The van der Waals surface area contributed by atoms with Crippen molar-refractivity contribution in [1.82, 2.24) is 10.0 Å². The third kappa shape index (κ3) is 6.20. The summed E-state index contributed by atoms with van der Waals surface area (Å²) in [5, 5.41) is 6.92. The highest BCUT2D eigenvalue weighted by Gasteiger charge is 2.16. The van der Waals surface area contributed by atoms with Crippen LogP contribution in [0.4, 0.5) is 5.69 Å². The predicted octanol–water partition coefficient (Wildman–Crippen LogP) is 2.24. The number of amides is 2. The van der Waals surface area contributed by atoms with Gasteiger partial charge >= 0.3 is 0 Å². The van der Waals surface area contributed by atoms with E-state index in [1.54, 1.807) is 17.5 Å². The molecule has 0 radical (unpaired) electrons. The van der Waals surface area contributed by atoms with Gasteiger partial charge in [0.25, 0.3) is 10.0 Å². The fourth-order valence-electron chi connectivity index (χ4n) is 1.97. The van der Waals surface area contributed by atoms with Crippen LogP contribution in [0.25, 0.3) is 0 Å². The monoisotopic (exact) mass is 459 g/mol. The second kappa shape index (κ2) is 9.26. The Morgan fingerprint density at radius 2 is 1.96 bits per heavy atom. The lowest BCUT2D eigenvalue weighted by Crippen LogP contribution is -2.37. The Morgan fingerprint density at radius 3 is 2.65 bits per heavy atom. The highest BCUT2D eigenvalue weighted by Crippen LogP contribution is 2.20. The number of thiophene rings is 1. The Hall–Kier alpha value is -1.75. The highest BCUT2D eigenvalue weighted by molar-refractivity contribution is 9.10. The summed E-state index contributed by atoms with van der Waals surface area (Å²) in [5.41, 5.74) is 1.62. The number of benzene rings is 1. The van der Waals surface area contributed by atoms with E-state index in [2.05, 4.69) is 31.3 Å². The van der Waals surface area contributed by atoms with E-state index in [-0.39, 0.29) is 29.6 Å². The number of hydrogen-bond donors (Lipinski definition) is 3. The van der Waals surface area contributed by atoms with Crippen LogP contribution in [0, 0.1) is 6.92 Å². The van der Waals surface area contributed by atoms with Crippen molar-refractivity contribution >= 4 is 54.8 Å². The van der Waals surface area contributed by atoms with Gasteiger partial charge in [0.1, 0.15) is 4.21 Å². The van der Waals surface area contributed by atoms with Crippen LogP contribution in [0.2, 0.25) is 0 Å². The summed E-state index contributed by atoms with van der Waals surface area (Å²) in [7, 11) is -3.68. The Kier molecular flexibility index (Phi) is 7.33. The molecule has 0 spiro atoms. The van der Waals surface area contributed by atoms with Crippen molar-refractivity contribution < 1.29 is 18.0 Å². The number of aryl methyl sites for hydroxylation is 1. The van der Waals surface area contributed by atoms with Crippen molar-refractivity contribution in [2.45, 2.75) is 17.6 Å². The van der Waals surface area contributed by atoms with E-state index in [9.17, 15) is 18.0 Å². The van der Waals surface area contributed by atoms with E-state index in [1.807, 2.05) is 19.1 Å². The van der Waals surface area contributed by atoms with Crippen LogP contribution in [-0.2, 0) is 19.6 Å². The third-order valence-electron chi connectivity index (χ3n) is 3.33. The minimum atomic E-state index is -3.68. The molecule has 10 heteroatoms. The molecule has 26 heavy (non-hydrogen) atoms. The van der Waals surface area contributed by atoms with Crippen LogP contribution >= 0.6 is 27.3 Å². The molecular formula is C16H18BrN3O4S2. The third-order valence-corrected chi connectivity index (χ3v) is 6.62. The van der Waals surface area contributed by atoms with Gasteiger partial charge < -0.3 is 10.6 Å². The molecule has 140 valence electrons. The first-order valence-electron chi connectivity index (χ1n) is 7.64. The summed E-state index contributed by atoms with van der Waals surface area (Å²) in [4.78, 5) is 23.7. The molecule has 0 unspecified atom stereocenters. The predicted molar refractivity (Wildman–Crippen MR) is 105 cm³/mol. The average molecular weight is 460 g/mol.